The van der Waals surface area contributed by atoms with Crippen molar-refractivity contribution in [1.29, 1.82) is 5.26 Å². The lowest BCUT2D eigenvalue weighted by atomic mass is 10.2. The van der Waals surface area contributed by atoms with Crippen LogP contribution in [-0.4, -0.2) is 11.5 Å². The molecule has 0 spiro atoms. The second kappa shape index (κ2) is 6.97. The Balaban J connectivity index is 2.16. The summed E-state index contributed by atoms with van der Waals surface area (Å²) in [7, 11) is 0. The van der Waals surface area contributed by atoms with Crippen molar-refractivity contribution in [3.8, 4) is 6.07 Å². The SMILES string of the molecule is Cc1ncccc1CNCCCCC#N. The highest BCUT2D eigenvalue weighted by Gasteiger charge is 1.96. The number of nitriles is 1. The molecule has 0 saturated heterocycles. The van der Waals surface area contributed by atoms with E-state index < -0.39 is 0 Å². The van der Waals surface area contributed by atoms with Gasteiger partial charge in [0, 0.05) is 24.9 Å². The third-order valence-electron chi connectivity index (χ3n) is 2.32. The highest BCUT2D eigenvalue weighted by Crippen LogP contribution is 2.02. The van der Waals surface area contributed by atoms with Crippen LogP contribution in [0.1, 0.15) is 30.5 Å². The molecule has 1 heterocycles. The first kappa shape index (κ1) is 11.7. The van der Waals surface area contributed by atoms with E-state index in [-0.39, 0.29) is 0 Å². The van der Waals surface area contributed by atoms with Crippen molar-refractivity contribution in [1.82, 2.24) is 10.3 Å². The summed E-state index contributed by atoms with van der Waals surface area (Å²) in [6, 6.07) is 6.19. The molecule has 0 amide bonds. The van der Waals surface area contributed by atoms with E-state index in [0.717, 1.165) is 31.6 Å². The molecule has 0 aliphatic carbocycles. The molecule has 0 aliphatic heterocycles. The molecule has 0 unspecified atom stereocenters. The highest BCUT2D eigenvalue weighted by atomic mass is 14.8. The fourth-order valence-corrected chi connectivity index (χ4v) is 1.38. The molecule has 0 atom stereocenters. The molecule has 0 saturated carbocycles. The van der Waals surface area contributed by atoms with Crippen LogP contribution >= 0.6 is 0 Å². The van der Waals surface area contributed by atoms with Gasteiger partial charge in [0.15, 0.2) is 0 Å². The normalized spacial score (nSPS) is 9.87. The Hall–Kier alpha value is -1.40. The Labute approximate surface area is 91.1 Å². The molecular formula is C12H17N3. The van der Waals surface area contributed by atoms with E-state index in [4.69, 9.17) is 5.26 Å². The summed E-state index contributed by atoms with van der Waals surface area (Å²) >= 11 is 0. The maximum atomic E-state index is 8.36. The van der Waals surface area contributed by atoms with Gasteiger partial charge in [-0.05, 0) is 37.9 Å². The Morgan fingerprint density at radius 3 is 3.07 bits per heavy atom. The van der Waals surface area contributed by atoms with E-state index in [0.29, 0.717) is 6.42 Å². The van der Waals surface area contributed by atoms with Gasteiger partial charge in [-0.3, -0.25) is 4.98 Å². The molecule has 0 aliphatic rings. The quantitative estimate of drug-likeness (QED) is 0.721. The number of unbranched alkanes of at least 4 members (excludes halogenated alkanes) is 2. The number of nitrogens with zero attached hydrogens (tertiary/aromatic N) is 2. The first-order chi connectivity index (χ1) is 7.34. The van der Waals surface area contributed by atoms with E-state index in [9.17, 15) is 0 Å². The second-order valence-electron chi connectivity index (χ2n) is 3.54. The average molecular weight is 203 g/mol. The van der Waals surface area contributed by atoms with Crippen molar-refractivity contribution >= 4 is 0 Å². The Morgan fingerprint density at radius 2 is 2.33 bits per heavy atom. The van der Waals surface area contributed by atoms with Crippen molar-refractivity contribution in [3.05, 3.63) is 29.6 Å². The third-order valence-corrected chi connectivity index (χ3v) is 2.32. The first-order valence-electron chi connectivity index (χ1n) is 5.32. The molecule has 0 radical (unpaired) electrons. The maximum Gasteiger partial charge on any atom is 0.0621 e. The van der Waals surface area contributed by atoms with Gasteiger partial charge >= 0.3 is 0 Å². The standard InChI is InChI=1S/C12H17N3/c1-11-12(6-5-9-15-11)10-14-8-4-2-3-7-13/h5-6,9,14H,2-4,8,10H2,1H3. The number of hydrogen-bond acceptors (Lipinski definition) is 3. The van der Waals surface area contributed by atoms with Crippen LogP contribution in [0.4, 0.5) is 0 Å². The van der Waals surface area contributed by atoms with Gasteiger partial charge in [0.1, 0.15) is 0 Å². The molecule has 0 aromatic carbocycles. The Bertz CT molecular complexity index is 328. The summed E-state index contributed by atoms with van der Waals surface area (Å²) < 4.78 is 0. The molecule has 0 fully saturated rings. The van der Waals surface area contributed by atoms with E-state index in [1.807, 2.05) is 19.2 Å². The molecule has 1 N–H and O–H groups in total. The smallest absolute Gasteiger partial charge is 0.0621 e. The highest BCUT2D eigenvalue weighted by molar-refractivity contribution is 5.17. The molecule has 15 heavy (non-hydrogen) atoms. The third kappa shape index (κ3) is 4.57. The van der Waals surface area contributed by atoms with Crippen molar-refractivity contribution in [2.24, 2.45) is 0 Å². The predicted octanol–water partition coefficient (Wildman–Crippen LogP) is 2.17. The van der Waals surface area contributed by atoms with Gasteiger partial charge in [0.25, 0.3) is 0 Å². The number of aromatic nitrogens is 1. The molecule has 1 aromatic heterocycles. The molecule has 0 bridgehead atoms. The van der Waals surface area contributed by atoms with Gasteiger partial charge in [-0.2, -0.15) is 5.26 Å². The van der Waals surface area contributed by atoms with Gasteiger partial charge in [0.2, 0.25) is 0 Å². The number of hydrogen-bond donors (Lipinski definition) is 1. The van der Waals surface area contributed by atoms with Crippen molar-refractivity contribution < 1.29 is 0 Å². The van der Waals surface area contributed by atoms with E-state index in [1.165, 1.54) is 5.56 Å². The lowest BCUT2D eigenvalue weighted by Gasteiger charge is -2.05. The predicted molar refractivity (Wildman–Crippen MR) is 60.1 cm³/mol. The summed E-state index contributed by atoms with van der Waals surface area (Å²) in [5.74, 6) is 0. The van der Waals surface area contributed by atoms with E-state index in [1.54, 1.807) is 0 Å². The monoisotopic (exact) mass is 203 g/mol. The zero-order valence-corrected chi connectivity index (χ0v) is 9.16. The van der Waals surface area contributed by atoms with E-state index >= 15 is 0 Å². The number of aryl methyl sites for hydroxylation is 1. The van der Waals surface area contributed by atoms with Crippen LogP contribution in [-0.2, 0) is 6.54 Å². The maximum absolute atomic E-state index is 8.36. The summed E-state index contributed by atoms with van der Waals surface area (Å²) in [5.41, 5.74) is 2.33. The van der Waals surface area contributed by atoms with Crippen LogP contribution in [0.5, 0.6) is 0 Å². The Kier molecular flexibility index (Phi) is 5.42. The number of nitrogens with one attached hydrogen (secondary N) is 1. The minimum absolute atomic E-state index is 0.660. The van der Waals surface area contributed by atoms with Gasteiger partial charge < -0.3 is 5.32 Å². The number of rotatable bonds is 6. The van der Waals surface area contributed by atoms with Gasteiger partial charge in [-0.25, -0.2) is 0 Å². The van der Waals surface area contributed by atoms with Crippen LogP contribution in [0.15, 0.2) is 18.3 Å². The van der Waals surface area contributed by atoms with Crippen LogP contribution in [0.2, 0.25) is 0 Å². The largest absolute Gasteiger partial charge is 0.313 e. The minimum atomic E-state index is 0.660. The minimum Gasteiger partial charge on any atom is -0.313 e. The average Bonchev–Trinajstić information content (AvgIpc) is 2.25. The van der Waals surface area contributed by atoms with Crippen molar-refractivity contribution in [3.63, 3.8) is 0 Å². The van der Waals surface area contributed by atoms with Crippen LogP contribution in [0, 0.1) is 18.3 Å². The summed E-state index contributed by atoms with van der Waals surface area (Å²) in [4.78, 5) is 4.22. The summed E-state index contributed by atoms with van der Waals surface area (Å²) in [5, 5.41) is 11.7. The molecular weight excluding hydrogens is 186 g/mol. The van der Waals surface area contributed by atoms with E-state index in [2.05, 4.69) is 22.4 Å². The molecule has 3 nitrogen and oxygen atoms in total. The number of pyridine rings is 1. The van der Waals surface area contributed by atoms with Crippen LogP contribution in [0.25, 0.3) is 0 Å². The Morgan fingerprint density at radius 1 is 1.47 bits per heavy atom. The lowest BCUT2D eigenvalue weighted by Crippen LogP contribution is -2.15. The van der Waals surface area contributed by atoms with Gasteiger partial charge in [-0.1, -0.05) is 6.07 Å². The summed E-state index contributed by atoms with van der Waals surface area (Å²) in [6.07, 6.45) is 4.52. The van der Waals surface area contributed by atoms with Crippen LogP contribution in [0.3, 0.4) is 0 Å². The first-order valence-corrected chi connectivity index (χ1v) is 5.32. The molecule has 80 valence electrons. The van der Waals surface area contributed by atoms with Crippen molar-refractivity contribution in [2.75, 3.05) is 6.54 Å². The van der Waals surface area contributed by atoms with Gasteiger partial charge in [-0.15, -0.1) is 0 Å². The lowest BCUT2D eigenvalue weighted by molar-refractivity contribution is 0.626. The molecule has 1 aromatic rings. The topological polar surface area (TPSA) is 48.7 Å². The molecule has 3 heteroatoms. The zero-order valence-electron chi connectivity index (χ0n) is 9.16. The van der Waals surface area contributed by atoms with Gasteiger partial charge in [0.05, 0.1) is 6.07 Å². The molecule has 1 rings (SSSR count). The second-order valence-corrected chi connectivity index (χ2v) is 3.54. The van der Waals surface area contributed by atoms with Crippen LogP contribution < -0.4 is 5.32 Å². The fourth-order valence-electron chi connectivity index (χ4n) is 1.38. The van der Waals surface area contributed by atoms with Crippen molar-refractivity contribution in [2.45, 2.75) is 32.7 Å². The fraction of sp³-hybridized carbons (Fsp3) is 0.500. The zero-order chi connectivity index (χ0) is 10.9. The summed E-state index contributed by atoms with van der Waals surface area (Å²) in [6.45, 7) is 3.86.